The van der Waals surface area contributed by atoms with Crippen LogP contribution < -0.4 is 25.0 Å². The van der Waals surface area contributed by atoms with Gasteiger partial charge in [0.15, 0.2) is 0 Å². The molecule has 226 valence electrons. The number of rotatable bonds is 13. The van der Waals surface area contributed by atoms with Gasteiger partial charge in [-0.15, -0.1) is 0 Å². The van der Waals surface area contributed by atoms with Crippen molar-refractivity contribution in [2.75, 3.05) is 32.1 Å². The molecule has 43 heavy (non-hydrogen) atoms. The Morgan fingerprint density at radius 2 is 1.86 bits per heavy atom. The summed E-state index contributed by atoms with van der Waals surface area (Å²) in [5.41, 5.74) is 3.14. The quantitative estimate of drug-likeness (QED) is 0.211. The maximum absolute atomic E-state index is 12.8. The lowest BCUT2D eigenvalue weighted by Crippen LogP contribution is -2.38. The van der Waals surface area contributed by atoms with Gasteiger partial charge < -0.3 is 25.0 Å². The number of carbonyl (C=O) groups is 3. The molecule has 0 aliphatic heterocycles. The third-order valence-electron chi connectivity index (χ3n) is 6.60. The molecule has 0 unspecified atom stereocenters. The predicted octanol–water partition coefficient (Wildman–Crippen LogP) is 4.37. The number of aromatic nitrogens is 3. The van der Waals surface area contributed by atoms with E-state index in [0.717, 1.165) is 11.2 Å². The Morgan fingerprint density at radius 1 is 1.05 bits per heavy atom. The van der Waals surface area contributed by atoms with Gasteiger partial charge >= 0.3 is 0 Å². The van der Waals surface area contributed by atoms with E-state index >= 15 is 0 Å². The maximum Gasteiger partial charge on any atom is 0.297 e. The first kappa shape index (κ1) is 31.6. The average molecular weight is 628 g/mol. The summed E-state index contributed by atoms with van der Waals surface area (Å²) in [7, 11) is 3.12. The monoisotopic (exact) mass is 626 g/mol. The maximum atomic E-state index is 12.8. The molecule has 0 saturated heterocycles. The van der Waals surface area contributed by atoms with Crippen LogP contribution in [0.4, 0.5) is 5.69 Å². The molecule has 0 aliphatic rings. The summed E-state index contributed by atoms with van der Waals surface area (Å²) in [6.07, 6.45) is 2.38. The van der Waals surface area contributed by atoms with Gasteiger partial charge in [0.1, 0.15) is 17.9 Å². The molecular weight excluding hydrogens is 595 g/mol. The van der Waals surface area contributed by atoms with Gasteiger partial charge in [-0.05, 0) is 42.8 Å². The summed E-state index contributed by atoms with van der Waals surface area (Å²) in [5.74, 6) is -0.330. The van der Waals surface area contributed by atoms with Crippen molar-refractivity contribution in [3.63, 3.8) is 0 Å². The molecule has 13 heteroatoms. The highest BCUT2D eigenvalue weighted by Crippen LogP contribution is 2.36. The van der Waals surface area contributed by atoms with E-state index in [1.54, 1.807) is 38.6 Å². The number of ether oxygens (including phenoxy) is 2. The predicted molar refractivity (Wildman–Crippen MR) is 165 cm³/mol. The van der Waals surface area contributed by atoms with Crippen molar-refractivity contribution in [3.05, 3.63) is 76.0 Å². The molecule has 0 bridgehead atoms. The number of imidazole rings is 1. The topological polar surface area (TPSA) is 128 Å². The van der Waals surface area contributed by atoms with Crippen molar-refractivity contribution in [2.24, 2.45) is 0 Å². The molecule has 4 rings (SSSR count). The normalized spacial score (nSPS) is 10.8. The highest BCUT2D eigenvalue weighted by Gasteiger charge is 2.21. The van der Waals surface area contributed by atoms with Crippen molar-refractivity contribution < 1.29 is 23.9 Å². The zero-order valence-corrected chi connectivity index (χ0v) is 25.5. The number of methoxy groups -OCH3 is 1. The fraction of sp³-hybridized carbons (Fsp3) is 0.300. The van der Waals surface area contributed by atoms with E-state index in [9.17, 15) is 14.4 Å². The first-order valence-corrected chi connectivity index (χ1v) is 14.3. The molecule has 0 aliphatic carbocycles. The van der Waals surface area contributed by atoms with Gasteiger partial charge in [-0.25, -0.2) is 0 Å². The smallest absolute Gasteiger partial charge is 0.297 e. The highest BCUT2D eigenvalue weighted by molar-refractivity contribution is 6.38. The van der Waals surface area contributed by atoms with Crippen molar-refractivity contribution in [1.82, 2.24) is 25.2 Å². The van der Waals surface area contributed by atoms with E-state index in [4.69, 9.17) is 32.7 Å². The van der Waals surface area contributed by atoms with Gasteiger partial charge in [0.05, 0.1) is 42.1 Å². The number of para-hydroxylation sites is 1. The molecular formula is C30H32Cl2N6O5. The molecule has 0 fully saturated rings. The molecule has 2 aromatic carbocycles. The van der Waals surface area contributed by atoms with Gasteiger partial charge in [0.2, 0.25) is 17.7 Å². The lowest BCUT2D eigenvalue weighted by molar-refractivity contribution is -0.125. The Labute approximate surface area is 259 Å². The number of hydrogen-bond acceptors (Lipinski definition) is 7. The molecule has 0 radical (unpaired) electrons. The number of carbonyl (C=O) groups excluding carboxylic acids is 3. The molecule has 3 amide bonds. The number of anilines is 1. The fourth-order valence-electron chi connectivity index (χ4n) is 4.33. The fourth-order valence-corrected chi connectivity index (χ4v) is 4.94. The van der Waals surface area contributed by atoms with Crippen LogP contribution in [0.3, 0.4) is 0 Å². The Balaban J connectivity index is 1.45. The summed E-state index contributed by atoms with van der Waals surface area (Å²) in [4.78, 5) is 46.3. The molecule has 2 aromatic heterocycles. The molecule has 0 spiro atoms. The molecule has 0 saturated carbocycles. The van der Waals surface area contributed by atoms with Gasteiger partial charge in [0.25, 0.3) is 6.01 Å². The van der Waals surface area contributed by atoms with Gasteiger partial charge in [-0.1, -0.05) is 35.3 Å². The Morgan fingerprint density at radius 3 is 2.58 bits per heavy atom. The summed E-state index contributed by atoms with van der Waals surface area (Å²) in [6, 6.07) is 14.9. The number of likely N-dealkylation sites (N-methyl/N-ethyl adjacent to an activating group) is 1. The van der Waals surface area contributed by atoms with Crippen LogP contribution in [0.15, 0.2) is 54.7 Å². The number of halogens is 2. The summed E-state index contributed by atoms with van der Waals surface area (Å²) in [6.45, 7) is 2.04. The number of hydrogen-bond donors (Lipinski definition) is 2. The van der Waals surface area contributed by atoms with Crippen molar-refractivity contribution in [2.45, 2.75) is 32.9 Å². The number of amides is 3. The summed E-state index contributed by atoms with van der Waals surface area (Å²) >= 11 is 13.2. The van der Waals surface area contributed by atoms with Crippen molar-refractivity contribution in [3.8, 4) is 11.8 Å². The second-order valence-electron chi connectivity index (χ2n) is 9.59. The largest absolute Gasteiger partial charge is 0.486 e. The second kappa shape index (κ2) is 14.7. The van der Waals surface area contributed by atoms with E-state index in [1.807, 2.05) is 34.9 Å². The second-order valence-corrected chi connectivity index (χ2v) is 10.4. The molecule has 11 nitrogen and oxygen atoms in total. The number of nitrogens with one attached hydrogen (secondary N) is 2. The van der Waals surface area contributed by atoms with E-state index in [0.29, 0.717) is 53.1 Å². The number of fused-ring (bicyclic) bond motifs is 1. The van der Waals surface area contributed by atoms with Crippen molar-refractivity contribution in [1.29, 1.82) is 0 Å². The summed E-state index contributed by atoms with van der Waals surface area (Å²) in [5, 5.41) is 5.83. The van der Waals surface area contributed by atoms with Crippen LogP contribution in [0.25, 0.3) is 11.0 Å². The minimum atomic E-state index is -0.374. The molecule has 4 aromatic rings. The average Bonchev–Trinajstić information content (AvgIpc) is 3.36. The first-order valence-electron chi connectivity index (χ1n) is 13.5. The minimum absolute atomic E-state index is 0.00704. The SMILES string of the molecule is COc1nc2c(OCc3c(Cl)ccc(N(C)C(=O)CNC(=O)CCCNC(C)=O)c3Cl)cccc2n1Cc1ccccn1. The number of benzene rings is 2. The van der Waals surface area contributed by atoms with Crippen LogP contribution >= 0.6 is 23.2 Å². The van der Waals surface area contributed by atoms with Crippen LogP contribution in [-0.4, -0.2) is 59.5 Å². The van der Waals surface area contributed by atoms with Gasteiger partial charge in [-0.2, -0.15) is 4.98 Å². The van der Waals surface area contributed by atoms with Crippen LogP contribution in [-0.2, 0) is 27.5 Å². The first-order chi connectivity index (χ1) is 20.7. The summed E-state index contributed by atoms with van der Waals surface area (Å²) < 4.78 is 13.6. The van der Waals surface area contributed by atoms with E-state index in [1.165, 1.54) is 11.8 Å². The number of nitrogens with zero attached hydrogens (tertiary/aromatic N) is 4. The number of pyridine rings is 1. The Bertz CT molecular complexity index is 1610. The third-order valence-corrected chi connectivity index (χ3v) is 7.38. The van der Waals surface area contributed by atoms with E-state index in [-0.39, 0.29) is 42.3 Å². The molecule has 0 atom stereocenters. The highest BCUT2D eigenvalue weighted by atomic mass is 35.5. The van der Waals surface area contributed by atoms with Crippen molar-refractivity contribution >= 4 is 57.6 Å². The van der Waals surface area contributed by atoms with Crippen LogP contribution in [0.1, 0.15) is 31.0 Å². The molecule has 2 N–H and O–H groups in total. The van der Waals surface area contributed by atoms with E-state index in [2.05, 4.69) is 20.6 Å². The Kier molecular flexibility index (Phi) is 10.8. The lowest BCUT2D eigenvalue weighted by Gasteiger charge is -2.21. The molecule has 2 heterocycles. The van der Waals surface area contributed by atoms with Crippen LogP contribution in [0.5, 0.6) is 11.8 Å². The van der Waals surface area contributed by atoms with E-state index < -0.39 is 0 Å². The Hall–Kier alpha value is -4.35. The van der Waals surface area contributed by atoms with Gasteiger partial charge in [0, 0.05) is 43.7 Å². The lowest BCUT2D eigenvalue weighted by atomic mass is 10.2. The standard InChI is InChI=1S/C30H32Cl2N6O5/c1-19(39)33-15-7-11-26(40)35-16-27(41)37(2)23-13-12-22(31)21(28(23)32)18-43-25-10-6-9-24-29(25)36-30(42-3)38(24)17-20-8-4-5-14-34-20/h4-6,8-10,12-14H,7,11,15-18H2,1-3H3,(H,33,39)(H,35,40). The van der Waals surface area contributed by atoms with Crippen LogP contribution in [0, 0.1) is 0 Å². The zero-order chi connectivity index (χ0) is 30.9. The van der Waals surface area contributed by atoms with Gasteiger partial charge in [-0.3, -0.25) is 23.9 Å². The minimum Gasteiger partial charge on any atom is -0.486 e. The zero-order valence-electron chi connectivity index (χ0n) is 24.0. The third kappa shape index (κ3) is 7.94. The van der Waals surface area contributed by atoms with Crippen LogP contribution in [0.2, 0.25) is 10.0 Å².